The molecule has 4 rings (SSSR count). The number of fused-ring (bicyclic) bond motifs is 2. The highest BCUT2D eigenvalue weighted by Crippen LogP contribution is 2.15. The number of carbonyl (C=O) groups is 2. The van der Waals surface area contributed by atoms with E-state index in [-0.39, 0.29) is 43.3 Å². The van der Waals surface area contributed by atoms with Crippen molar-refractivity contribution in [2.75, 3.05) is 16.9 Å². The van der Waals surface area contributed by atoms with Crippen LogP contribution in [0.15, 0.2) is 43.4 Å². The highest BCUT2D eigenvalue weighted by atomic mass is 32.2. The molecule has 2 amide bonds. The Kier molecular flexibility index (Phi) is 9.88. The summed E-state index contributed by atoms with van der Waals surface area (Å²) in [6.07, 6.45) is 1.64. The molecule has 2 aromatic heterocycles. The number of aromatic nitrogens is 4. The first-order valence-electron chi connectivity index (χ1n) is 13.1. The maximum absolute atomic E-state index is 12.7. The van der Waals surface area contributed by atoms with Crippen molar-refractivity contribution in [2.24, 2.45) is 0 Å². The summed E-state index contributed by atoms with van der Waals surface area (Å²) in [5, 5.41) is 11.7. The van der Waals surface area contributed by atoms with Crippen molar-refractivity contribution in [3.63, 3.8) is 0 Å². The lowest BCUT2D eigenvalue weighted by Gasteiger charge is -2.19. The summed E-state index contributed by atoms with van der Waals surface area (Å²) in [4.78, 5) is 76.6. The van der Waals surface area contributed by atoms with Gasteiger partial charge in [-0.15, -0.1) is 9.09 Å². The van der Waals surface area contributed by atoms with Gasteiger partial charge in [0.2, 0.25) is 5.91 Å². The summed E-state index contributed by atoms with van der Waals surface area (Å²) >= 11 is 0. The van der Waals surface area contributed by atoms with Gasteiger partial charge in [0.1, 0.15) is 5.88 Å². The number of aromatic amines is 2. The van der Waals surface area contributed by atoms with E-state index in [1.807, 2.05) is 6.07 Å². The van der Waals surface area contributed by atoms with Crippen LogP contribution >= 0.6 is 0 Å². The van der Waals surface area contributed by atoms with E-state index in [0.717, 1.165) is 13.2 Å². The van der Waals surface area contributed by atoms with Crippen molar-refractivity contribution >= 4 is 53.5 Å². The van der Waals surface area contributed by atoms with Gasteiger partial charge in [0, 0.05) is 26.6 Å². The minimum absolute atomic E-state index is 0.00505. The van der Waals surface area contributed by atoms with E-state index in [2.05, 4.69) is 15.3 Å². The van der Waals surface area contributed by atoms with Gasteiger partial charge in [0.15, 0.2) is 9.84 Å². The van der Waals surface area contributed by atoms with Crippen LogP contribution in [0.25, 0.3) is 21.8 Å². The second-order valence-electron chi connectivity index (χ2n) is 10.3. The van der Waals surface area contributed by atoms with Gasteiger partial charge in [0.25, 0.3) is 27.0 Å². The molecule has 2 heterocycles. The quantitative estimate of drug-likeness (QED) is 0.222. The SMILES string of the molecule is CC(=O)NCc1cc2c(=O)n(N(C(C)=O)S(C)(=O)=O)c(=O)[nH]c2cc1C.Cc1cc2[nH]c(=O)n(CS(C)(=O)=O)c(=O)c2cc1C#N. The molecule has 0 spiro atoms. The fourth-order valence-corrected chi connectivity index (χ4v) is 6.00. The summed E-state index contributed by atoms with van der Waals surface area (Å²) in [5.74, 6) is -1.97. The van der Waals surface area contributed by atoms with E-state index in [4.69, 9.17) is 5.26 Å². The molecule has 0 bridgehead atoms. The van der Waals surface area contributed by atoms with E-state index in [0.29, 0.717) is 33.1 Å². The molecule has 0 saturated heterocycles. The van der Waals surface area contributed by atoms with Crippen LogP contribution in [0.1, 0.15) is 36.1 Å². The summed E-state index contributed by atoms with van der Waals surface area (Å²) < 4.78 is 47.2. The van der Waals surface area contributed by atoms with Crippen LogP contribution < -0.4 is 32.2 Å². The highest BCUT2D eigenvalue weighted by Gasteiger charge is 2.26. The first-order chi connectivity index (χ1) is 21.2. The maximum atomic E-state index is 12.7. The predicted molar refractivity (Wildman–Crippen MR) is 168 cm³/mol. The Morgan fingerprint density at radius 3 is 1.91 bits per heavy atom. The van der Waals surface area contributed by atoms with Crippen molar-refractivity contribution in [1.82, 2.24) is 24.5 Å². The Morgan fingerprint density at radius 1 is 0.870 bits per heavy atom. The number of nitrogens with zero attached hydrogens (tertiary/aromatic N) is 4. The molecule has 17 nitrogen and oxygen atoms in total. The lowest BCUT2D eigenvalue weighted by molar-refractivity contribution is -0.119. The van der Waals surface area contributed by atoms with E-state index >= 15 is 0 Å². The van der Waals surface area contributed by atoms with Crippen molar-refractivity contribution in [1.29, 1.82) is 5.26 Å². The first-order valence-corrected chi connectivity index (χ1v) is 17.0. The van der Waals surface area contributed by atoms with Crippen molar-refractivity contribution < 1.29 is 26.4 Å². The predicted octanol–water partition coefficient (Wildman–Crippen LogP) is -1.05. The lowest BCUT2D eigenvalue weighted by atomic mass is 10.1. The zero-order valence-corrected chi connectivity index (χ0v) is 27.0. The molecule has 0 radical (unpaired) electrons. The molecule has 19 heteroatoms. The fraction of sp³-hybridized carbons (Fsp3) is 0.296. The molecule has 244 valence electrons. The molecule has 46 heavy (non-hydrogen) atoms. The highest BCUT2D eigenvalue weighted by molar-refractivity contribution is 7.92. The van der Waals surface area contributed by atoms with Crippen molar-refractivity contribution in [2.45, 2.75) is 40.1 Å². The van der Waals surface area contributed by atoms with Gasteiger partial charge in [-0.2, -0.15) is 5.26 Å². The van der Waals surface area contributed by atoms with Crippen LogP contribution in [0.2, 0.25) is 0 Å². The molecular formula is C27H29N7O10S2. The minimum Gasteiger partial charge on any atom is -0.352 e. The van der Waals surface area contributed by atoms with Gasteiger partial charge in [-0.3, -0.25) is 19.2 Å². The number of sulfonamides is 1. The van der Waals surface area contributed by atoms with Crippen LogP contribution in [0.5, 0.6) is 0 Å². The summed E-state index contributed by atoms with van der Waals surface area (Å²) in [6.45, 7) is 5.83. The number of hydrogen-bond donors (Lipinski definition) is 3. The van der Waals surface area contributed by atoms with Crippen LogP contribution in [-0.2, 0) is 41.9 Å². The van der Waals surface area contributed by atoms with Crippen LogP contribution in [0.4, 0.5) is 0 Å². The smallest absolute Gasteiger partial charge is 0.349 e. The van der Waals surface area contributed by atoms with Gasteiger partial charge in [-0.25, -0.2) is 31.0 Å². The number of sulfone groups is 1. The summed E-state index contributed by atoms with van der Waals surface area (Å²) in [5.41, 5.74) is -0.835. The average molecular weight is 676 g/mol. The second kappa shape index (κ2) is 12.9. The van der Waals surface area contributed by atoms with Gasteiger partial charge >= 0.3 is 11.4 Å². The van der Waals surface area contributed by atoms with Crippen molar-refractivity contribution in [3.8, 4) is 6.07 Å². The number of aryl methyl sites for hydroxylation is 2. The average Bonchev–Trinajstić information content (AvgIpc) is 2.91. The molecular weight excluding hydrogens is 646 g/mol. The van der Waals surface area contributed by atoms with E-state index < -0.39 is 54.1 Å². The third-order valence-electron chi connectivity index (χ3n) is 6.44. The van der Waals surface area contributed by atoms with Crippen molar-refractivity contribution in [3.05, 3.63) is 88.2 Å². The van der Waals surface area contributed by atoms with Gasteiger partial charge in [0.05, 0.1) is 39.7 Å². The zero-order chi connectivity index (χ0) is 34.9. The molecule has 2 aromatic carbocycles. The monoisotopic (exact) mass is 675 g/mol. The van der Waals surface area contributed by atoms with Crippen LogP contribution in [-0.4, -0.2) is 60.4 Å². The minimum atomic E-state index is -4.20. The van der Waals surface area contributed by atoms with Gasteiger partial charge in [-0.05, 0) is 54.8 Å². The maximum Gasteiger partial charge on any atom is 0.349 e. The number of nitriles is 1. The Hall–Kier alpha value is -5.35. The lowest BCUT2D eigenvalue weighted by Crippen LogP contribution is -2.55. The van der Waals surface area contributed by atoms with E-state index in [1.165, 1.54) is 31.2 Å². The van der Waals surface area contributed by atoms with Crippen LogP contribution in [0, 0.1) is 25.2 Å². The number of amides is 2. The van der Waals surface area contributed by atoms with Crippen LogP contribution in [0.3, 0.4) is 0 Å². The van der Waals surface area contributed by atoms with Gasteiger partial charge < -0.3 is 15.3 Å². The number of carbonyl (C=O) groups excluding carboxylic acids is 2. The van der Waals surface area contributed by atoms with E-state index in [1.54, 1.807) is 13.8 Å². The van der Waals surface area contributed by atoms with E-state index in [9.17, 15) is 45.6 Å². The Labute approximate surface area is 260 Å². The topological polar surface area (TPSA) is 251 Å². The Bertz CT molecular complexity index is 2430. The fourth-order valence-electron chi connectivity index (χ4n) is 4.39. The molecule has 0 aliphatic rings. The molecule has 3 N–H and O–H groups in total. The molecule has 0 fully saturated rings. The standard InChI is InChI=1S/C15H18N4O6S.C12H11N3O4S/c1-8-5-13-12(6-11(8)7-16-9(2)20)14(22)18(15(23)17-13)19(10(3)21)26(4,24)25;1-7-3-10-9(4-8(7)5-13)11(16)15(12(17)14-10)6-20(2,18)19/h5-6H,7H2,1-4H3,(H,16,20)(H,17,23);3-4H,6H2,1-2H3,(H,14,17). The zero-order valence-electron chi connectivity index (χ0n) is 25.4. The molecule has 4 aromatic rings. The Morgan fingerprint density at radius 2 is 1.41 bits per heavy atom. The first kappa shape index (κ1) is 35.1. The number of H-pyrrole nitrogens is 2. The summed E-state index contributed by atoms with van der Waals surface area (Å²) in [6, 6.07) is 7.78. The summed E-state index contributed by atoms with van der Waals surface area (Å²) in [7, 11) is -7.74. The normalized spacial score (nSPS) is 11.4. The largest absolute Gasteiger partial charge is 0.352 e. The molecule has 0 aliphatic carbocycles. The van der Waals surface area contributed by atoms with Gasteiger partial charge in [-0.1, -0.05) is 0 Å². The molecule has 0 unspecified atom stereocenters. The molecule has 0 aliphatic heterocycles. The third-order valence-corrected chi connectivity index (χ3v) is 8.21. The number of hydrogen-bond acceptors (Lipinski definition) is 11. The third kappa shape index (κ3) is 7.65. The second-order valence-corrected chi connectivity index (χ2v) is 14.3. The number of nitrogens with one attached hydrogen (secondary N) is 3. The Balaban J connectivity index is 0.000000259. The number of rotatable bonds is 6. The molecule has 0 saturated carbocycles. The molecule has 0 atom stereocenters. The number of benzene rings is 2.